The van der Waals surface area contributed by atoms with Crippen molar-refractivity contribution >= 4 is 11.7 Å². The van der Waals surface area contributed by atoms with Crippen LogP contribution in [0.15, 0.2) is 36.8 Å². The first-order chi connectivity index (χ1) is 11.1. The van der Waals surface area contributed by atoms with Crippen LogP contribution in [-0.2, 0) is 18.4 Å². The van der Waals surface area contributed by atoms with Crippen LogP contribution in [0.5, 0.6) is 0 Å². The molecule has 2 saturated heterocycles. The Morgan fingerprint density at radius 1 is 1.30 bits per heavy atom. The zero-order valence-corrected chi connectivity index (χ0v) is 13.4. The maximum absolute atomic E-state index is 12.5. The van der Waals surface area contributed by atoms with E-state index in [1.807, 2.05) is 41.0 Å². The highest BCUT2D eigenvalue weighted by Crippen LogP contribution is 2.41. The van der Waals surface area contributed by atoms with Gasteiger partial charge in [-0.15, -0.1) is 0 Å². The lowest BCUT2D eigenvalue weighted by atomic mass is 9.86. The van der Waals surface area contributed by atoms with Crippen LogP contribution in [0.1, 0.15) is 18.4 Å². The molecule has 0 bridgehead atoms. The number of carbonyl (C=O) groups excluding carboxylic acids is 1. The molecule has 23 heavy (non-hydrogen) atoms. The first-order valence-electron chi connectivity index (χ1n) is 8.05. The third-order valence-electron chi connectivity index (χ3n) is 4.93. The molecule has 6 heteroatoms. The van der Waals surface area contributed by atoms with Gasteiger partial charge in [-0.25, -0.2) is 4.98 Å². The second kappa shape index (κ2) is 5.45. The highest BCUT2D eigenvalue weighted by Gasteiger charge is 2.47. The van der Waals surface area contributed by atoms with Gasteiger partial charge in [0, 0.05) is 56.5 Å². The van der Waals surface area contributed by atoms with Gasteiger partial charge in [-0.05, 0) is 25.1 Å². The number of carbonyl (C=O) groups is 1. The van der Waals surface area contributed by atoms with Crippen molar-refractivity contribution in [2.75, 3.05) is 24.5 Å². The molecule has 120 valence electrons. The Morgan fingerprint density at radius 3 is 2.96 bits per heavy atom. The van der Waals surface area contributed by atoms with E-state index in [1.54, 1.807) is 6.20 Å². The van der Waals surface area contributed by atoms with Gasteiger partial charge in [0.1, 0.15) is 5.82 Å². The number of hydrogen-bond donors (Lipinski definition) is 0. The number of pyridine rings is 1. The van der Waals surface area contributed by atoms with Gasteiger partial charge in [-0.2, -0.15) is 5.10 Å². The van der Waals surface area contributed by atoms with Gasteiger partial charge in [0.15, 0.2) is 0 Å². The summed E-state index contributed by atoms with van der Waals surface area (Å²) in [6, 6.07) is 5.73. The van der Waals surface area contributed by atoms with Gasteiger partial charge in [-0.1, -0.05) is 6.07 Å². The average Bonchev–Trinajstić information content (AvgIpc) is 3.22. The SMILES string of the molecule is Cn1cc(CN2CC[C@@]3(CC(=O)N(c4ccccn4)C3)C2)cn1. The first kappa shape index (κ1) is 14.4. The number of likely N-dealkylation sites (tertiary alicyclic amines) is 1. The standard InChI is InChI=1S/C17H21N5O/c1-20-10-14(9-19-20)11-21-7-5-17(12-21)8-16(23)22(13-17)15-4-2-3-6-18-15/h2-4,6,9-10H,5,7-8,11-13H2,1H3/t17-/m1/s1. The van der Waals surface area contributed by atoms with Crippen molar-refractivity contribution in [1.82, 2.24) is 19.7 Å². The Morgan fingerprint density at radius 2 is 2.22 bits per heavy atom. The van der Waals surface area contributed by atoms with Crippen LogP contribution in [0.3, 0.4) is 0 Å². The van der Waals surface area contributed by atoms with Crippen LogP contribution in [-0.4, -0.2) is 45.2 Å². The van der Waals surface area contributed by atoms with Crippen LogP contribution in [0.2, 0.25) is 0 Å². The Kier molecular flexibility index (Phi) is 3.41. The first-order valence-corrected chi connectivity index (χ1v) is 8.05. The molecule has 1 amide bonds. The smallest absolute Gasteiger partial charge is 0.228 e. The molecule has 0 aliphatic carbocycles. The summed E-state index contributed by atoms with van der Waals surface area (Å²) in [5, 5.41) is 4.23. The number of aromatic nitrogens is 3. The zero-order valence-electron chi connectivity index (χ0n) is 13.4. The van der Waals surface area contributed by atoms with Crippen molar-refractivity contribution in [1.29, 1.82) is 0 Å². The predicted molar refractivity (Wildman–Crippen MR) is 86.7 cm³/mol. The third-order valence-corrected chi connectivity index (χ3v) is 4.93. The Balaban J connectivity index is 1.45. The molecular formula is C17H21N5O. The largest absolute Gasteiger partial charge is 0.298 e. The van der Waals surface area contributed by atoms with Crippen molar-refractivity contribution in [2.45, 2.75) is 19.4 Å². The van der Waals surface area contributed by atoms with E-state index in [4.69, 9.17) is 0 Å². The second-order valence-electron chi connectivity index (χ2n) is 6.83. The van der Waals surface area contributed by atoms with Gasteiger partial charge in [-0.3, -0.25) is 19.3 Å². The molecule has 0 N–H and O–H groups in total. The number of aryl methyl sites for hydroxylation is 1. The Labute approximate surface area is 135 Å². The van der Waals surface area contributed by atoms with Gasteiger partial charge in [0.2, 0.25) is 5.91 Å². The van der Waals surface area contributed by atoms with E-state index in [1.165, 1.54) is 5.56 Å². The molecule has 2 aliphatic rings. The van der Waals surface area contributed by atoms with E-state index < -0.39 is 0 Å². The molecule has 4 heterocycles. The molecule has 1 spiro atoms. The van der Waals surface area contributed by atoms with Crippen LogP contribution >= 0.6 is 0 Å². The summed E-state index contributed by atoms with van der Waals surface area (Å²) in [6.45, 7) is 3.70. The van der Waals surface area contributed by atoms with Gasteiger partial charge >= 0.3 is 0 Å². The summed E-state index contributed by atoms with van der Waals surface area (Å²) in [5.41, 5.74) is 1.31. The fourth-order valence-corrected chi connectivity index (χ4v) is 3.87. The summed E-state index contributed by atoms with van der Waals surface area (Å²) in [4.78, 5) is 21.1. The molecule has 6 nitrogen and oxygen atoms in total. The molecule has 2 aromatic heterocycles. The van der Waals surface area contributed by atoms with E-state index in [9.17, 15) is 4.79 Å². The molecule has 0 saturated carbocycles. The quantitative estimate of drug-likeness (QED) is 0.861. The maximum atomic E-state index is 12.5. The highest BCUT2D eigenvalue weighted by atomic mass is 16.2. The molecule has 4 rings (SSSR count). The fourth-order valence-electron chi connectivity index (χ4n) is 3.87. The summed E-state index contributed by atoms with van der Waals surface area (Å²) in [5.74, 6) is 0.979. The third kappa shape index (κ3) is 2.74. The van der Waals surface area contributed by atoms with E-state index in [0.717, 1.165) is 38.4 Å². The molecule has 2 fully saturated rings. The zero-order chi connectivity index (χ0) is 15.9. The lowest BCUT2D eigenvalue weighted by Gasteiger charge is -2.23. The normalized spacial score (nSPS) is 24.9. The molecule has 1 atom stereocenters. The van der Waals surface area contributed by atoms with Gasteiger partial charge in [0.05, 0.1) is 6.20 Å². The Hall–Kier alpha value is -2.21. The molecule has 2 aliphatic heterocycles. The van der Waals surface area contributed by atoms with Crippen molar-refractivity contribution in [3.8, 4) is 0 Å². The lowest BCUT2D eigenvalue weighted by Crippen LogP contribution is -2.31. The van der Waals surface area contributed by atoms with E-state index in [0.29, 0.717) is 6.42 Å². The van der Waals surface area contributed by atoms with E-state index in [2.05, 4.69) is 21.2 Å². The van der Waals surface area contributed by atoms with Crippen LogP contribution in [0.25, 0.3) is 0 Å². The summed E-state index contributed by atoms with van der Waals surface area (Å²) >= 11 is 0. The van der Waals surface area contributed by atoms with Crippen LogP contribution in [0, 0.1) is 5.41 Å². The van der Waals surface area contributed by atoms with Gasteiger partial charge < -0.3 is 0 Å². The average molecular weight is 311 g/mol. The number of amides is 1. The Bertz CT molecular complexity index is 713. The number of rotatable bonds is 3. The number of hydrogen-bond acceptors (Lipinski definition) is 4. The number of nitrogens with zero attached hydrogens (tertiary/aromatic N) is 5. The summed E-state index contributed by atoms with van der Waals surface area (Å²) in [6.07, 6.45) is 7.43. The van der Waals surface area contributed by atoms with E-state index in [-0.39, 0.29) is 11.3 Å². The van der Waals surface area contributed by atoms with Crippen LogP contribution in [0.4, 0.5) is 5.82 Å². The highest BCUT2D eigenvalue weighted by molar-refractivity contribution is 5.95. The van der Waals surface area contributed by atoms with E-state index >= 15 is 0 Å². The second-order valence-corrected chi connectivity index (χ2v) is 6.83. The monoisotopic (exact) mass is 311 g/mol. The summed E-state index contributed by atoms with van der Waals surface area (Å²) < 4.78 is 1.84. The topological polar surface area (TPSA) is 54.3 Å². The maximum Gasteiger partial charge on any atom is 0.228 e. The molecule has 0 unspecified atom stereocenters. The van der Waals surface area contributed by atoms with Crippen molar-refractivity contribution in [2.24, 2.45) is 12.5 Å². The molecule has 2 aromatic rings. The number of anilines is 1. The molecular weight excluding hydrogens is 290 g/mol. The molecule has 0 radical (unpaired) electrons. The minimum Gasteiger partial charge on any atom is -0.298 e. The van der Waals surface area contributed by atoms with Crippen molar-refractivity contribution in [3.05, 3.63) is 42.4 Å². The van der Waals surface area contributed by atoms with Crippen LogP contribution < -0.4 is 4.90 Å². The fraction of sp³-hybridized carbons (Fsp3) is 0.471. The summed E-state index contributed by atoms with van der Waals surface area (Å²) in [7, 11) is 1.94. The minimum atomic E-state index is 0.0802. The molecule has 0 aromatic carbocycles. The van der Waals surface area contributed by atoms with Crippen molar-refractivity contribution in [3.63, 3.8) is 0 Å². The minimum absolute atomic E-state index is 0.0802. The lowest BCUT2D eigenvalue weighted by molar-refractivity contribution is -0.117. The van der Waals surface area contributed by atoms with Crippen molar-refractivity contribution < 1.29 is 4.79 Å². The van der Waals surface area contributed by atoms with Gasteiger partial charge in [0.25, 0.3) is 0 Å². The predicted octanol–water partition coefficient (Wildman–Crippen LogP) is 1.44.